The predicted octanol–water partition coefficient (Wildman–Crippen LogP) is 1.94. The first-order valence-corrected chi connectivity index (χ1v) is 10.6. The van der Waals surface area contributed by atoms with E-state index >= 15 is 0 Å². The lowest BCUT2D eigenvalue weighted by atomic mass is 10.0. The zero-order valence-electron chi connectivity index (χ0n) is 16.2. The van der Waals surface area contributed by atoms with Crippen LogP contribution in [-0.4, -0.2) is 53.8 Å². The Labute approximate surface area is 182 Å². The number of carbonyl (C=O) groups is 3. The molecule has 3 atom stereocenters. The molecule has 0 radical (unpaired) electrons. The molecule has 4 rings (SSSR count). The van der Waals surface area contributed by atoms with Crippen molar-refractivity contribution in [2.45, 2.75) is 31.0 Å². The third-order valence-corrected chi connectivity index (χ3v) is 6.00. The quantitative estimate of drug-likeness (QED) is 0.648. The molecule has 8 heteroatoms. The van der Waals surface area contributed by atoms with E-state index in [4.69, 9.17) is 10.5 Å². The van der Waals surface area contributed by atoms with Gasteiger partial charge < -0.3 is 20.7 Å². The lowest BCUT2D eigenvalue weighted by Crippen LogP contribution is -2.53. The van der Waals surface area contributed by atoms with Crippen LogP contribution >= 0.6 is 15.9 Å². The van der Waals surface area contributed by atoms with Crippen molar-refractivity contribution < 1.29 is 19.1 Å². The van der Waals surface area contributed by atoms with Crippen molar-refractivity contribution in [3.05, 3.63) is 64.1 Å². The lowest BCUT2D eigenvalue weighted by molar-refractivity contribution is -0.138. The Morgan fingerprint density at radius 1 is 1.23 bits per heavy atom. The van der Waals surface area contributed by atoms with E-state index < -0.39 is 12.1 Å². The molecular formula is C22H22BrN3O4. The largest absolute Gasteiger partial charge is 0.399 e. The number of Topliss-reactive ketones (excluding diaryl/α,β-unsaturated/α-hetero) is 1. The number of ether oxygens (including phenoxy) is 1. The maximum Gasteiger partial charge on any atom is 0.251 e. The average molecular weight is 472 g/mol. The van der Waals surface area contributed by atoms with Crippen LogP contribution in [0.5, 0.6) is 0 Å². The third kappa shape index (κ3) is 4.24. The number of rotatable bonds is 5. The van der Waals surface area contributed by atoms with Crippen LogP contribution in [0.15, 0.2) is 53.0 Å². The van der Waals surface area contributed by atoms with Crippen LogP contribution in [0.1, 0.15) is 22.3 Å². The van der Waals surface area contributed by atoms with E-state index in [2.05, 4.69) is 21.2 Å². The number of benzene rings is 2. The molecule has 2 saturated heterocycles. The summed E-state index contributed by atoms with van der Waals surface area (Å²) in [6, 6.07) is 12.8. The van der Waals surface area contributed by atoms with Gasteiger partial charge in [0.2, 0.25) is 5.91 Å². The van der Waals surface area contributed by atoms with E-state index in [1.165, 1.54) is 0 Å². The molecule has 2 aromatic carbocycles. The van der Waals surface area contributed by atoms with E-state index in [0.29, 0.717) is 30.6 Å². The molecule has 0 aromatic heterocycles. The molecule has 0 saturated carbocycles. The molecule has 0 aliphatic carbocycles. The number of nitrogens with one attached hydrogen (secondary N) is 1. The number of likely N-dealkylation sites (tertiary alicyclic amines) is 1. The summed E-state index contributed by atoms with van der Waals surface area (Å²) in [5.41, 5.74) is 7.69. The van der Waals surface area contributed by atoms with Crippen molar-refractivity contribution in [2.24, 2.45) is 0 Å². The summed E-state index contributed by atoms with van der Waals surface area (Å²) in [6.45, 7) is 0.469. The molecule has 2 aromatic rings. The van der Waals surface area contributed by atoms with Gasteiger partial charge in [0, 0.05) is 28.7 Å². The van der Waals surface area contributed by atoms with Gasteiger partial charge in [-0.1, -0.05) is 34.1 Å². The Hall–Kier alpha value is -2.71. The summed E-state index contributed by atoms with van der Waals surface area (Å²) in [7, 11) is 0. The van der Waals surface area contributed by atoms with Crippen LogP contribution in [-0.2, 0) is 20.7 Å². The maximum absolute atomic E-state index is 13.4. The summed E-state index contributed by atoms with van der Waals surface area (Å²) in [5.74, 6) is -0.716. The van der Waals surface area contributed by atoms with Gasteiger partial charge in [-0.05, 0) is 42.3 Å². The van der Waals surface area contributed by atoms with Crippen molar-refractivity contribution in [1.82, 2.24) is 10.2 Å². The number of amides is 2. The highest BCUT2D eigenvalue weighted by Gasteiger charge is 2.48. The maximum atomic E-state index is 13.4. The van der Waals surface area contributed by atoms with Crippen molar-refractivity contribution in [1.29, 1.82) is 0 Å². The molecule has 2 aliphatic heterocycles. The highest BCUT2D eigenvalue weighted by Crippen LogP contribution is 2.28. The minimum atomic E-state index is -0.813. The number of anilines is 1. The summed E-state index contributed by atoms with van der Waals surface area (Å²) in [4.78, 5) is 40.1. The van der Waals surface area contributed by atoms with Gasteiger partial charge in [-0.2, -0.15) is 0 Å². The van der Waals surface area contributed by atoms with Gasteiger partial charge in [-0.25, -0.2) is 0 Å². The van der Waals surface area contributed by atoms with Gasteiger partial charge in [-0.15, -0.1) is 0 Å². The number of hydrogen-bond donors (Lipinski definition) is 2. The molecule has 30 heavy (non-hydrogen) atoms. The number of halogens is 1. The van der Waals surface area contributed by atoms with Crippen molar-refractivity contribution in [3.8, 4) is 0 Å². The van der Waals surface area contributed by atoms with Gasteiger partial charge in [0.15, 0.2) is 5.78 Å². The average Bonchev–Trinajstić information content (AvgIpc) is 3.31. The molecule has 0 spiro atoms. The normalized spacial score (nSPS) is 21.4. The van der Waals surface area contributed by atoms with Crippen molar-refractivity contribution in [2.75, 3.05) is 18.9 Å². The Bertz CT molecular complexity index is 979. The molecular weight excluding hydrogens is 450 g/mol. The number of nitrogens with two attached hydrogens (primary N) is 1. The van der Waals surface area contributed by atoms with E-state index in [0.717, 1.165) is 10.0 Å². The summed E-state index contributed by atoms with van der Waals surface area (Å²) in [5, 5.41) is 2.86. The highest BCUT2D eigenvalue weighted by molar-refractivity contribution is 9.10. The highest BCUT2D eigenvalue weighted by atomic mass is 79.9. The van der Waals surface area contributed by atoms with Gasteiger partial charge in [0.25, 0.3) is 5.91 Å². The van der Waals surface area contributed by atoms with Gasteiger partial charge >= 0.3 is 0 Å². The zero-order valence-corrected chi connectivity index (χ0v) is 17.8. The fraction of sp³-hybridized carbons (Fsp3) is 0.318. The van der Waals surface area contributed by atoms with Crippen molar-refractivity contribution in [3.63, 3.8) is 0 Å². The number of hydrogen-bond acceptors (Lipinski definition) is 5. The van der Waals surface area contributed by atoms with E-state index in [1.54, 1.807) is 35.2 Å². The Kier molecular flexibility index (Phi) is 5.87. The number of ketones is 1. The SMILES string of the molecule is Nc1ccc(CC(NC(=O)c2cccc(Br)c2)C(=O)N2CCC3OCC(=O)C32)cc1. The van der Waals surface area contributed by atoms with Crippen LogP contribution in [0.3, 0.4) is 0 Å². The Balaban J connectivity index is 1.57. The summed E-state index contributed by atoms with van der Waals surface area (Å²) < 4.78 is 6.27. The number of fused-ring (bicyclic) bond motifs is 1. The molecule has 3 unspecified atom stereocenters. The van der Waals surface area contributed by atoms with E-state index in [-0.39, 0.29) is 30.3 Å². The van der Waals surface area contributed by atoms with Gasteiger partial charge in [0.05, 0.1) is 6.10 Å². The smallest absolute Gasteiger partial charge is 0.251 e. The first-order valence-electron chi connectivity index (χ1n) is 9.78. The predicted molar refractivity (Wildman–Crippen MR) is 115 cm³/mol. The topological polar surface area (TPSA) is 102 Å². The molecule has 7 nitrogen and oxygen atoms in total. The molecule has 156 valence electrons. The number of nitrogens with zero attached hydrogens (tertiary/aromatic N) is 1. The molecule has 2 heterocycles. The van der Waals surface area contributed by atoms with Gasteiger partial charge in [0.1, 0.15) is 18.7 Å². The van der Waals surface area contributed by atoms with Crippen LogP contribution in [0.2, 0.25) is 0 Å². The zero-order chi connectivity index (χ0) is 21.3. The first kappa shape index (κ1) is 20.6. The molecule has 2 amide bonds. The van der Waals surface area contributed by atoms with Crippen LogP contribution in [0.4, 0.5) is 5.69 Å². The summed E-state index contributed by atoms with van der Waals surface area (Å²) in [6.07, 6.45) is 0.664. The third-order valence-electron chi connectivity index (χ3n) is 5.50. The fourth-order valence-electron chi connectivity index (χ4n) is 4.00. The number of nitrogen functional groups attached to an aromatic ring is 1. The molecule has 0 bridgehead atoms. The Morgan fingerprint density at radius 2 is 2.00 bits per heavy atom. The Morgan fingerprint density at radius 3 is 2.73 bits per heavy atom. The van der Waals surface area contributed by atoms with Gasteiger partial charge in [-0.3, -0.25) is 14.4 Å². The molecule has 2 fully saturated rings. The second-order valence-corrected chi connectivity index (χ2v) is 8.48. The summed E-state index contributed by atoms with van der Waals surface area (Å²) >= 11 is 3.36. The first-order chi connectivity index (χ1) is 14.4. The minimum Gasteiger partial charge on any atom is -0.399 e. The second kappa shape index (κ2) is 8.57. The fourth-order valence-corrected chi connectivity index (χ4v) is 4.40. The monoisotopic (exact) mass is 471 g/mol. The van der Waals surface area contributed by atoms with E-state index in [1.807, 2.05) is 18.2 Å². The molecule has 3 N–H and O–H groups in total. The molecule has 2 aliphatic rings. The lowest BCUT2D eigenvalue weighted by Gasteiger charge is -2.27. The minimum absolute atomic E-state index is 0.0339. The van der Waals surface area contributed by atoms with Crippen LogP contribution < -0.4 is 11.1 Å². The number of carbonyl (C=O) groups excluding carboxylic acids is 3. The van der Waals surface area contributed by atoms with Crippen LogP contribution in [0.25, 0.3) is 0 Å². The van der Waals surface area contributed by atoms with Crippen molar-refractivity contribution >= 4 is 39.2 Å². The standard InChI is InChI=1S/C22H22BrN3O4/c23-15-3-1-2-14(11-15)21(28)25-17(10-13-4-6-16(24)7-5-13)22(29)26-9-8-19-20(26)18(27)12-30-19/h1-7,11,17,19-20H,8-10,12,24H2,(H,25,28). The second-order valence-electron chi connectivity index (χ2n) is 7.56. The van der Waals surface area contributed by atoms with E-state index in [9.17, 15) is 14.4 Å². The van der Waals surface area contributed by atoms with Crippen LogP contribution in [0, 0.1) is 0 Å².